The van der Waals surface area contributed by atoms with Crippen molar-refractivity contribution in [1.29, 1.82) is 0 Å². The Bertz CT molecular complexity index is 280. The second-order valence-corrected chi connectivity index (χ2v) is 2.85. The van der Waals surface area contributed by atoms with Gasteiger partial charge < -0.3 is 9.88 Å². The number of rotatable bonds is 4. The molecule has 1 aromatic heterocycles. The number of hydrogen-bond donors (Lipinski definition) is 1. The van der Waals surface area contributed by atoms with Crippen LogP contribution in [-0.2, 0) is 13.1 Å². The van der Waals surface area contributed by atoms with Gasteiger partial charge in [-0.2, -0.15) is 13.2 Å². The Hall–Kier alpha value is -1.04. The van der Waals surface area contributed by atoms with E-state index in [1.807, 2.05) is 6.92 Å². The van der Waals surface area contributed by atoms with Gasteiger partial charge in [-0.1, -0.05) is 0 Å². The SMILES string of the molecule is CCn1ccnc1CNCC(F)(F)F. The third kappa shape index (κ3) is 3.37. The number of nitrogens with zero attached hydrogens (tertiary/aromatic N) is 2. The molecule has 0 atom stereocenters. The van der Waals surface area contributed by atoms with E-state index in [2.05, 4.69) is 10.3 Å². The lowest BCUT2D eigenvalue weighted by molar-refractivity contribution is -0.125. The van der Waals surface area contributed by atoms with E-state index < -0.39 is 12.7 Å². The number of alkyl halides is 3. The zero-order valence-electron chi connectivity index (χ0n) is 7.80. The molecule has 0 aliphatic rings. The summed E-state index contributed by atoms with van der Waals surface area (Å²) in [5, 5.41) is 2.29. The van der Waals surface area contributed by atoms with Gasteiger partial charge in [0.1, 0.15) is 5.82 Å². The van der Waals surface area contributed by atoms with Gasteiger partial charge in [-0.15, -0.1) is 0 Å². The van der Waals surface area contributed by atoms with E-state index in [-0.39, 0.29) is 6.54 Å². The van der Waals surface area contributed by atoms with Crippen LogP contribution in [-0.4, -0.2) is 22.3 Å². The minimum atomic E-state index is -4.16. The molecule has 0 amide bonds. The molecule has 3 nitrogen and oxygen atoms in total. The van der Waals surface area contributed by atoms with Crippen molar-refractivity contribution in [3.05, 3.63) is 18.2 Å². The molecular formula is C8H12F3N3. The van der Waals surface area contributed by atoms with Crippen molar-refractivity contribution in [3.63, 3.8) is 0 Å². The molecule has 6 heteroatoms. The van der Waals surface area contributed by atoms with Crippen LogP contribution in [0.25, 0.3) is 0 Å². The van der Waals surface area contributed by atoms with Crippen molar-refractivity contribution < 1.29 is 13.2 Å². The summed E-state index contributed by atoms with van der Waals surface area (Å²) in [4.78, 5) is 3.94. The average Bonchev–Trinajstić information content (AvgIpc) is 2.49. The van der Waals surface area contributed by atoms with Gasteiger partial charge in [-0.3, -0.25) is 0 Å². The minimum Gasteiger partial charge on any atom is -0.334 e. The number of hydrogen-bond acceptors (Lipinski definition) is 2. The van der Waals surface area contributed by atoms with Gasteiger partial charge in [0.05, 0.1) is 13.1 Å². The van der Waals surface area contributed by atoms with Crippen LogP contribution >= 0.6 is 0 Å². The highest BCUT2D eigenvalue weighted by Gasteiger charge is 2.26. The summed E-state index contributed by atoms with van der Waals surface area (Å²) in [5.74, 6) is 0.622. The Labute approximate surface area is 79.9 Å². The Balaban J connectivity index is 2.38. The third-order valence-electron chi connectivity index (χ3n) is 1.75. The topological polar surface area (TPSA) is 29.9 Å². The molecule has 0 unspecified atom stereocenters. The summed E-state index contributed by atoms with van der Waals surface area (Å²) in [7, 11) is 0. The first-order valence-electron chi connectivity index (χ1n) is 4.30. The van der Waals surface area contributed by atoms with Crippen LogP contribution in [0.4, 0.5) is 13.2 Å². The van der Waals surface area contributed by atoms with E-state index >= 15 is 0 Å². The quantitative estimate of drug-likeness (QED) is 0.811. The zero-order chi connectivity index (χ0) is 10.6. The Kier molecular flexibility index (Phi) is 3.51. The molecule has 0 spiro atoms. The molecule has 1 heterocycles. The zero-order valence-corrected chi connectivity index (χ0v) is 7.80. The number of halogens is 3. The highest BCUT2D eigenvalue weighted by Crippen LogP contribution is 2.12. The van der Waals surface area contributed by atoms with Gasteiger partial charge in [-0.25, -0.2) is 4.98 Å². The molecular weight excluding hydrogens is 195 g/mol. The van der Waals surface area contributed by atoms with E-state index in [1.165, 1.54) is 0 Å². The van der Waals surface area contributed by atoms with Crippen molar-refractivity contribution in [1.82, 2.24) is 14.9 Å². The van der Waals surface area contributed by atoms with Crippen LogP contribution in [0.3, 0.4) is 0 Å². The van der Waals surface area contributed by atoms with Crippen LogP contribution in [0.1, 0.15) is 12.7 Å². The van der Waals surface area contributed by atoms with Gasteiger partial charge in [0, 0.05) is 18.9 Å². The molecule has 0 aliphatic carbocycles. The molecule has 0 radical (unpaired) electrons. The van der Waals surface area contributed by atoms with Crippen molar-refractivity contribution in [2.45, 2.75) is 26.2 Å². The first-order valence-corrected chi connectivity index (χ1v) is 4.30. The number of aryl methyl sites for hydroxylation is 1. The van der Waals surface area contributed by atoms with E-state index in [0.717, 1.165) is 0 Å². The van der Waals surface area contributed by atoms with Crippen molar-refractivity contribution in [2.24, 2.45) is 0 Å². The van der Waals surface area contributed by atoms with E-state index in [9.17, 15) is 13.2 Å². The lowest BCUT2D eigenvalue weighted by Gasteiger charge is -2.08. The third-order valence-corrected chi connectivity index (χ3v) is 1.75. The lowest BCUT2D eigenvalue weighted by atomic mass is 10.5. The summed E-state index contributed by atoms with van der Waals surface area (Å²) in [6.07, 6.45) is -0.845. The Morgan fingerprint density at radius 3 is 2.79 bits per heavy atom. The minimum absolute atomic E-state index is 0.139. The predicted octanol–water partition coefficient (Wildman–Crippen LogP) is 1.55. The highest BCUT2D eigenvalue weighted by molar-refractivity contribution is 4.91. The fourth-order valence-electron chi connectivity index (χ4n) is 1.11. The molecule has 80 valence electrons. The van der Waals surface area contributed by atoms with Gasteiger partial charge in [-0.05, 0) is 6.92 Å². The maximum atomic E-state index is 11.8. The Morgan fingerprint density at radius 1 is 1.50 bits per heavy atom. The summed E-state index contributed by atoms with van der Waals surface area (Å²) in [6, 6.07) is 0. The molecule has 1 N–H and O–H groups in total. The Morgan fingerprint density at radius 2 is 2.21 bits per heavy atom. The molecule has 0 bridgehead atoms. The monoisotopic (exact) mass is 207 g/mol. The molecule has 1 aromatic rings. The van der Waals surface area contributed by atoms with Crippen molar-refractivity contribution in [3.8, 4) is 0 Å². The standard InChI is InChI=1S/C8H12F3N3/c1-2-14-4-3-13-7(14)5-12-6-8(9,10)11/h3-4,12H,2,5-6H2,1H3. The average molecular weight is 207 g/mol. The molecule has 0 aromatic carbocycles. The fraction of sp³-hybridized carbons (Fsp3) is 0.625. The summed E-state index contributed by atoms with van der Waals surface area (Å²) in [5.41, 5.74) is 0. The predicted molar refractivity (Wildman–Crippen MR) is 45.7 cm³/mol. The normalized spacial score (nSPS) is 12.0. The second kappa shape index (κ2) is 4.45. The fourth-order valence-corrected chi connectivity index (χ4v) is 1.11. The van der Waals surface area contributed by atoms with Crippen LogP contribution in [0.5, 0.6) is 0 Å². The smallest absolute Gasteiger partial charge is 0.334 e. The van der Waals surface area contributed by atoms with Crippen LogP contribution < -0.4 is 5.32 Å². The molecule has 0 aliphatic heterocycles. The first kappa shape index (κ1) is 11.0. The summed E-state index contributed by atoms with van der Waals surface area (Å²) >= 11 is 0. The van der Waals surface area contributed by atoms with E-state index in [0.29, 0.717) is 12.4 Å². The number of aromatic nitrogens is 2. The molecule has 0 saturated carbocycles. The number of imidazole rings is 1. The van der Waals surface area contributed by atoms with Gasteiger partial charge in [0.2, 0.25) is 0 Å². The highest BCUT2D eigenvalue weighted by atomic mass is 19.4. The maximum absolute atomic E-state index is 11.8. The summed E-state index contributed by atoms with van der Waals surface area (Å²) < 4.78 is 37.1. The summed E-state index contributed by atoms with van der Waals surface area (Å²) in [6.45, 7) is 1.78. The molecule has 14 heavy (non-hydrogen) atoms. The second-order valence-electron chi connectivity index (χ2n) is 2.85. The van der Waals surface area contributed by atoms with Crippen molar-refractivity contribution in [2.75, 3.05) is 6.54 Å². The molecule has 0 fully saturated rings. The first-order chi connectivity index (χ1) is 6.53. The van der Waals surface area contributed by atoms with Crippen LogP contribution in [0, 0.1) is 0 Å². The van der Waals surface area contributed by atoms with Crippen LogP contribution in [0.15, 0.2) is 12.4 Å². The van der Waals surface area contributed by atoms with E-state index in [1.54, 1.807) is 17.0 Å². The van der Waals surface area contributed by atoms with Crippen molar-refractivity contribution >= 4 is 0 Å². The molecule has 1 rings (SSSR count). The molecule has 0 saturated heterocycles. The van der Waals surface area contributed by atoms with Gasteiger partial charge >= 0.3 is 6.18 Å². The van der Waals surface area contributed by atoms with Gasteiger partial charge in [0.15, 0.2) is 0 Å². The van der Waals surface area contributed by atoms with Crippen LogP contribution in [0.2, 0.25) is 0 Å². The number of nitrogens with one attached hydrogen (secondary N) is 1. The van der Waals surface area contributed by atoms with Gasteiger partial charge in [0.25, 0.3) is 0 Å². The maximum Gasteiger partial charge on any atom is 0.401 e. The van der Waals surface area contributed by atoms with E-state index in [4.69, 9.17) is 0 Å². The lowest BCUT2D eigenvalue weighted by Crippen LogP contribution is -2.29. The largest absolute Gasteiger partial charge is 0.401 e.